The van der Waals surface area contributed by atoms with Gasteiger partial charge in [0, 0.05) is 6.07 Å². The van der Waals surface area contributed by atoms with Gasteiger partial charge in [-0.15, -0.1) is 0 Å². The van der Waals surface area contributed by atoms with Crippen LogP contribution in [-0.4, -0.2) is 9.91 Å². The van der Waals surface area contributed by atoms with Gasteiger partial charge in [-0.05, 0) is 18.6 Å². The van der Waals surface area contributed by atoms with Gasteiger partial charge in [0.15, 0.2) is 0 Å². The van der Waals surface area contributed by atoms with Crippen molar-refractivity contribution in [2.24, 2.45) is 0 Å². The first-order valence-corrected chi connectivity index (χ1v) is 5.44. The summed E-state index contributed by atoms with van der Waals surface area (Å²) in [4.78, 5) is 12.3. The van der Waals surface area contributed by atoms with Crippen LogP contribution < -0.4 is 4.74 Å². The molecule has 1 heterocycles. The lowest BCUT2D eigenvalue weighted by Gasteiger charge is -2.09. The molecule has 0 saturated carbocycles. The fourth-order valence-corrected chi connectivity index (χ4v) is 1.52. The van der Waals surface area contributed by atoms with Gasteiger partial charge in [0.25, 0.3) is 11.9 Å². The van der Waals surface area contributed by atoms with E-state index in [4.69, 9.17) is 0 Å². The minimum absolute atomic E-state index is 0.488. The SMILES string of the molecule is Cc1ccc(Oc2c(F)c(F)nc(F)c2F)c([N+](=O)[O-])c1. The Balaban J connectivity index is 2.56. The molecule has 2 rings (SSSR count). The summed E-state index contributed by atoms with van der Waals surface area (Å²) in [5, 5.41) is 10.8. The van der Waals surface area contributed by atoms with E-state index in [1.54, 1.807) is 6.92 Å². The first kappa shape index (κ1) is 14.7. The fraction of sp³-hybridized carbons (Fsp3) is 0.0833. The van der Waals surface area contributed by atoms with Crippen molar-refractivity contribution < 1.29 is 27.2 Å². The van der Waals surface area contributed by atoms with Crippen molar-refractivity contribution in [2.75, 3.05) is 0 Å². The van der Waals surface area contributed by atoms with Crippen LogP contribution in [0.5, 0.6) is 11.5 Å². The molecule has 0 amide bonds. The zero-order chi connectivity index (χ0) is 15.7. The Labute approximate surface area is 115 Å². The standard InChI is InChI=1S/C12H6F4N2O3/c1-5-2-3-7(6(4-5)18(19)20)21-10-8(13)11(15)17-12(16)9(10)14/h2-4H,1H3. The van der Waals surface area contributed by atoms with E-state index in [0.717, 1.165) is 12.1 Å². The number of hydrogen-bond donors (Lipinski definition) is 0. The fourth-order valence-electron chi connectivity index (χ4n) is 1.52. The summed E-state index contributed by atoms with van der Waals surface area (Å²) >= 11 is 0. The lowest BCUT2D eigenvalue weighted by atomic mass is 10.2. The Morgan fingerprint density at radius 1 is 1.14 bits per heavy atom. The number of hydrogen-bond acceptors (Lipinski definition) is 4. The van der Waals surface area contributed by atoms with Crippen molar-refractivity contribution in [3.63, 3.8) is 0 Å². The number of pyridine rings is 1. The lowest BCUT2D eigenvalue weighted by molar-refractivity contribution is -0.385. The molecule has 0 atom stereocenters. The van der Waals surface area contributed by atoms with Gasteiger partial charge in [0.2, 0.25) is 23.1 Å². The van der Waals surface area contributed by atoms with Crippen LogP contribution in [0.15, 0.2) is 18.2 Å². The molecule has 0 aliphatic rings. The molecule has 21 heavy (non-hydrogen) atoms. The number of rotatable bonds is 3. The maximum absolute atomic E-state index is 13.4. The predicted octanol–water partition coefficient (Wildman–Crippen LogP) is 3.65. The highest BCUT2D eigenvalue weighted by Crippen LogP contribution is 2.35. The molecule has 1 aromatic carbocycles. The Morgan fingerprint density at radius 3 is 2.24 bits per heavy atom. The summed E-state index contributed by atoms with van der Waals surface area (Å²) in [5.74, 6) is -9.61. The second-order valence-corrected chi connectivity index (χ2v) is 3.98. The molecule has 0 unspecified atom stereocenters. The maximum Gasteiger partial charge on any atom is 0.311 e. The largest absolute Gasteiger partial charge is 0.444 e. The number of aromatic nitrogens is 1. The number of aryl methyl sites for hydroxylation is 1. The van der Waals surface area contributed by atoms with Crippen molar-refractivity contribution >= 4 is 5.69 Å². The third-order valence-electron chi connectivity index (χ3n) is 2.48. The van der Waals surface area contributed by atoms with E-state index in [0.29, 0.717) is 5.56 Å². The molecule has 0 bridgehead atoms. The van der Waals surface area contributed by atoms with Gasteiger partial charge in [-0.1, -0.05) is 6.07 Å². The first-order chi connectivity index (χ1) is 9.81. The van der Waals surface area contributed by atoms with Crippen LogP contribution in [0.3, 0.4) is 0 Å². The van der Waals surface area contributed by atoms with Crippen molar-refractivity contribution in [3.05, 3.63) is 57.4 Å². The number of nitro benzene ring substituents is 1. The number of halogens is 4. The van der Waals surface area contributed by atoms with E-state index in [1.165, 1.54) is 6.07 Å². The Bertz CT molecular complexity index is 711. The monoisotopic (exact) mass is 302 g/mol. The molecule has 5 nitrogen and oxygen atoms in total. The number of benzene rings is 1. The van der Waals surface area contributed by atoms with Gasteiger partial charge in [-0.25, -0.2) is 0 Å². The maximum atomic E-state index is 13.4. The van der Waals surface area contributed by atoms with Crippen LogP contribution in [0, 0.1) is 40.6 Å². The molecule has 0 aliphatic heterocycles. The van der Waals surface area contributed by atoms with Crippen LogP contribution in [0.1, 0.15) is 5.56 Å². The van der Waals surface area contributed by atoms with Gasteiger partial charge < -0.3 is 4.74 Å². The van der Waals surface area contributed by atoms with Crippen molar-refractivity contribution in [1.29, 1.82) is 0 Å². The van der Waals surface area contributed by atoms with Crippen LogP contribution >= 0.6 is 0 Å². The van der Waals surface area contributed by atoms with Gasteiger partial charge in [0.05, 0.1) is 4.92 Å². The number of ether oxygens (including phenoxy) is 1. The van der Waals surface area contributed by atoms with Crippen LogP contribution in [0.2, 0.25) is 0 Å². The molecule has 2 aromatic rings. The van der Waals surface area contributed by atoms with E-state index in [-0.39, 0.29) is 0 Å². The normalized spacial score (nSPS) is 10.5. The van der Waals surface area contributed by atoms with Gasteiger partial charge in [0.1, 0.15) is 0 Å². The third kappa shape index (κ3) is 2.76. The minimum Gasteiger partial charge on any atom is -0.444 e. The smallest absolute Gasteiger partial charge is 0.311 e. The second-order valence-electron chi connectivity index (χ2n) is 3.98. The molecule has 0 fully saturated rings. The van der Waals surface area contributed by atoms with Gasteiger partial charge >= 0.3 is 5.69 Å². The zero-order valence-corrected chi connectivity index (χ0v) is 10.4. The van der Waals surface area contributed by atoms with Crippen molar-refractivity contribution in [3.8, 4) is 11.5 Å². The Kier molecular flexibility index (Phi) is 3.74. The molecule has 0 spiro atoms. The third-order valence-corrected chi connectivity index (χ3v) is 2.48. The van der Waals surface area contributed by atoms with Crippen molar-refractivity contribution in [1.82, 2.24) is 4.98 Å². The van der Waals surface area contributed by atoms with E-state index >= 15 is 0 Å². The Morgan fingerprint density at radius 2 is 1.71 bits per heavy atom. The highest BCUT2D eigenvalue weighted by atomic mass is 19.2. The van der Waals surface area contributed by atoms with Crippen LogP contribution in [-0.2, 0) is 0 Å². The average molecular weight is 302 g/mol. The summed E-state index contributed by atoms with van der Waals surface area (Å²) in [7, 11) is 0. The topological polar surface area (TPSA) is 65.3 Å². The molecule has 0 radical (unpaired) electrons. The van der Waals surface area contributed by atoms with Crippen LogP contribution in [0.25, 0.3) is 0 Å². The molecule has 9 heteroatoms. The quantitative estimate of drug-likeness (QED) is 0.376. The minimum atomic E-state index is -1.92. The summed E-state index contributed by atoms with van der Waals surface area (Å²) in [6, 6.07) is 3.51. The molecule has 0 aliphatic carbocycles. The highest BCUT2D eigenvalue weighted by molar-refractivity contribution is 5.50. The Hall–Kier alpha value is -2.71. The summed E-state index contributed by atoms with van der Waals surface area (Å²) in [6.45, 7) is 1.55. The summed E-state index contributed by atoms with van der Waals surface area (Å²) in [6.07, 6.45) is 0. The number of nitro groups is 1. The summed E-state index contributed by atoms with van der Waals surface area (Å²) < 4.78 is 57.3. The zero-order valence-electron chi connectivity index (χ0n) is 10.4. The molecule has 1 aromatic heterocycles. The van der Waals surface area contributed by atoms with Crippen LogP contribution in [0.4, 0.5) is 23.2 Å². The molecule has 0 saturated heterocycles. The van der Waals surface area contributed by atoms with Gasteiger partial charge in [-0.3, -0.25) is 10.1 Å². The molecule has 0 N–H and O–H groups in total. The van der Waals surface area contributed by atoms with E-state index in [2.05, 4.69) is 9.72 Å². The predicted molar refractivity (Wildman–Crippen MR) is 62.0 cm³/mol. The highest BCUT2D eigenvalue weighted by Gasteiger charge is 2.25. The molecular weight excluding hydrogens is 296 g/mol. The average Bonchev–Trinajstić information content (AvgIpc) is 2.42. The number of nitrogens with zero attached hydrogens (tertiary/aromatic N) is 2. The summed E-state index contributed by atoms with van der Waals surface area (Å²) in [5.41, 5.74) is -0.117. The molecule has 110 valence electrons. The first-order valence-electron chi connectivity index (χ1n) is 5.44. The lowest BCUT2D eigenvalue weighted by Crippen LogP contribution is -2.04. The molecular formula is C12H6F4N2O3. The van der Waals surface area contributed by atoms with E-state index in [9.17, 15) is 27.7 Å². The van der Waals surface area contributed by atoms with E-state index < -0.39 is 45.6 Å². The van der Waals surface area contributed by atoms with Crippen molar-refractivity contribution in [2.45, 2.75) is 6.92 Å². The van der Waals surface area contributed by atoms with E-state index in [1.807, 2.05) is 0 Å². The second kappa shape index (κ2) is 5.35. The van der Waals surface area contributed by atoms with Gasteiger partial charge in [-0.2, -0.15) is 22.5 Å².